The van der Waals surface area contributed by atoms with Crippen molar-refractivity contribution < 1.29 is 39.6 Å². The van der Waals surface area contributed by atoms with E-state index in [4.69, 9.17) is 34.5 Å². The number of carboxylic acid groups (broad SMARTS) is 2. The summed E-state index contributed by atoms with van der Waals surface area (Å²) in [6, 6.07) is 5.13. The first kappa shape index (κ1) is 24.1. The Bertz CT molecular complexity index is 628. The van der Waals surface area contributed by atoms with Gasteiger partial charge in [-0.1, -0.05) is 5.16 Å². The van der Waals surface area contributed by atoms with Crippen LogP contribution < -0.4 is 14.8 Å². The molecule has 0 bridgehead atoms. The van der Waals surface area contributed by atoms with Crippen LogP contribution in [0.1, 0.15) is 26.3 Å². The van der Waals surface area contributed by atoms with Crippen LogP contribution in [0.2, 0.25) is 0 Å². The third kappa shape index (κ3) is 11.4. The van der Waals surface area contributed by atoms with Crippen LogP contribution in [0, 0.1) is 0 Å². The van der Waals surface area contributed by atoms with Gasteiger partial charge in [-0.3, -0.25) is 0 Å². The number of aliphatic hydroxyl groups excluding tert-OH is 1. The molecule has 1 atom stereocenters. The molecule has 0 aliphatic rings. The molecule has 0 heterocycles. The number of oxime groups is 1. The molecule has 0 aromatic heterocycles. The number of nitrogens with one attached hydrogen (secondary N) is 1. The highest BCUT2D eigenvalue weighted by molar-refractivity contribution is 6.27. The van der Waals surface area contributed by atoms with Crippen LogP contribution >= 0.6 is 0 Å². The van der Waals surface area contributed by atoms with E-state index in [0.29, 0.717) is 23.6 Å². The molecular weight excluding hydrogens is 360 g/mol. The van der Waals surface area contributed by atoms with Crippen molar-refractivity contribution in [3.05, 3.63) is 23.8 Å². The molecule has 1 aromatic carbocycles. The lowest BCUT2D eigenvalue weighted by atomic mass is 10.1. The van der Waals surface area contributed by atoms with Gasteiger partial charge in [-0.05, 0) is 39.0 Å². The number of carboxylic acids is 2. The first-order valence-corrected chi connectivity index (χ1v) is 7.87. The van der Waals surface area contributed by atoms with Crippen molar-refractivity contribution >= 4 is 18.2 Å². The van der Waals surface area contributed by atoms with Gasteiger partial charge >= 0.3 is 11.9 Å². The Morgan fingerprint density at radius 1 is 1.22 bits per heavy atom. The summed E-state index contributed by atoms with van der Waals surface area (Å²) in [5, 5.41) is 39.4. The SMILES string of the molecule is COc1cc(/C=N\O)ccc1OCC(O)CNC(C)(C)C.O=C(O)C(=O)O. The smallest absolute Gasteiger partial charge is 0.414 e. The molecule has 27 heavy (non-hydrogen) atoms. The minimum Gasteiger partial charge on any atom is -0.493 e. The Morgan fingerprint density at radius 2 is 1.81 bits per heavy atom. The van der Waals surface area contributed by atoms with Gasteiger partial charge in [0.15, 0.2) is 11.5 Å². The van der Waals surface area contributed by atoms with Crippen LogP contribution in [0.15, 0.2) is 23.4 Å². The minimum absolute atomic E-state index is 0.0516. The summed E-state index contributed by atoms with van der Waals surface area (Å²) in [6.45, 7) is 6.70. The zero-order chi connectivity index (χ0) is 21.0. The molecular formula is C17H26N2O8. The third-order valence-electron chi connectivity index (χ3n) is 2.88. The van der Waals surface area contributed by atoms with Crippen LogP contribution in [0.3, 0.4) is 0 Å². The van der Waals surface area contributed by atoms with Crippen LogP contribution in [-0.2, 0) is 9.59 Å². The van der Waals surface area contributed by atoms with Gasteiger partial charge < -0.3 is 35.3 Å². The maximum atomic E-state index is 9.89. The standard InChI is InChI=1S/C15H24N2O4.C2H2O4/c1-15(2,3)16-9-12(18)10-21-13-6-5-11(8-17-19)7-14(13)20-4;3-1(4)2(5)6/h5-8,12,16,18-19H,9-10H2,1-4H3;(H,3,4)(H,5,6)/b17-8-;. The lowest BCUT2D eigenvalue weighted by Crippen LogP contribution is -2.42. The van der Waals surface area contributed by atoms with Crippen LogP contribution in [0.5, 0.6) is 11.5 Å². The fourth-order valence-electron chi connectivity index (χ4n) is 1.62. The van der Waals surface area contributed by atoms with Gasteiger partial charge in [-0.2, -0.15) is 0 Å². The quantitative estimate of drug-likeness (QED) is 0.198. The van der Waals surface area contributed by atoms with Crippen molar-refractivity contribution in [1.29, 1.82) is 0 Å². The number of carbonyl (C=O) groups is 2. The Labute approximate surface area is 157 Å². The summed E-state index contributed by atoms with van der Waals surface area (Å²) in [5.74, 6) is -2.60. The second kappa shape index (κ2) is 11.7. The maximum absolute atomic E-state index is 9.89. The van der Waals surface area contributed by atoms with Crippen molar-refractivity contribution in [1.82, 2.24) is 5.32 Å². The monoisotopic (exact) mass is 386 g/mol. The fraction of sp³-hybridized carbons (Fsp3) is 0.471. The van der Waals surface area contributed by atoms with Gasteiger partial charge in [0.25, 0.3) is 0 Å². The predicted octanol–water partition coefficient (Wildman–Crippen LogP) is 0.787. The zero-order valence-corrected chi connectivity index (χ0v) is 15.7. The second-order valence-electron chi connectivity index (χ2n) is 6.36. The van der Waals surface area contributed by atoms with Crippen molar-refractivity contribution in [3.8, 4) is 11.5 Å². The third-order valence-corrected chi connectivity index (χ3v) is 2.88. The number of benzene rings is 1. The van der Waals surface area contributed by atoms with Crippen LogP contribution in [0.4, 0.5) is 0 Å². The maximum Gasteiger partial charge on any atom is 0.414 e. The van der Waals surface area contributed by atoms with Crippen molar-refractivity contribution in [3.63, 3.8) is 0 Å². The molecule has 0 saturated carbocycles. The van der Waals surface area contributed by atoms with Gasteiger partial charge in [0.2, 0.25) is 0 Å². The first-order valence-electron chi connectivity index (χ1n) is 7.87. The Kier molecular flexibility index (Phi) is 10.5. The summed E-state index contributed by atoms with van der Waals surface area (Å²) in [4.78, 5) is 18.2. The van der Waals surface area contributed by atoms with Gasteiger partial charge in [-0.15, -0.1) is 0 Å². The van der Waals surface area contributed by atoms with Crippen molar-refractivity contribution in [2.24, 2.45) is 5.16 Å². The number of ether oxygens (including phenoxy) is 2. The molecule has 1 unspecified atom stereocenters. The number of nitrogens with zero attached hydrogens (tertiary/aromatic N) is 1. The molecule has 5 N–H and O–H groups in total. The number of hydrogen-bond acceptors (Lipinski definition) is 8. The van der Waals surface area contributed by atoms with E-state index in [1.54, 1.807) is 18.2 Å². The highest BCUT2D eigenvalue weighted by atomic mass is 16.5. The van der Waals surface area contributed by atoms with Gasteiger partial charge in [0, 0.05) is 17.6 Å². The molecule has 0 amide bonds. The van der Waals surface area contributed by atoms with Gasteiger partial charge in [0.1, 0.15) is 12.7 Å². The van der Waals surface area contributed by atoms with E-state index in [2.05, 4.69) is 10.5 Å². The van der Waals surface area contributed by atoms with E-state index in [1.165, 1.54) is 13.3 Å². The van der Waals surface area contributed by atoms with E-state index in [1.807, 2.05) is 20.8 Å². The van der Waals surface area contributed by atoms with Gasteiger partial charge in [-0.25, -0.2) is 9.59 Å². The highest BCUT2D eigenvalue weighted by Gasteiger charge is 2.13. The molecule has 0 saturated heterocycles. The molecule has 1 rings (SSSR count). The molecule has 152 valence electrons. The van der Waals surface area contributed by atoms with Crippen LogP contribution in [-0.4, -0.2) is 70.6 Å². The van der Waals surface area contributed by atoms with E-state index in [-0.39, 0.29) is 12.1 Å². The summed E-state index contributed by atoms with van der Waals surface area (Å²) in [7, 11) is 1.53. The van der Waals surface area contributed by atoms with Crippen molar-refractivity contribution in [2.75, 3.05) is 20.3 Å². The van der Waals surface area contributed by atoms with Gasteiger partial charge in [0.05, 0.1) is 13.3 Å². The molecule has 0 fully saturated rings. The van der Waals surface area contributed by atoms with E-state index in [9.17, 15) is 5.11 Å². The Morgan fingerprint density at radius 3 is 2.26 bits per heavy atom. The lowest BCUT2D eigenvalue weighted by molar-refractivity contribution is -0.159. The average Bonchev–Trinajstić information content (AvgIpc) is 2.58. The van der Waals surface area contributed by atoms with Crippen molar-refractivity contribution in [2.45, 2.75) is 32.4 Å². The number of aliphatic hydroxyl groups is 1. The number of rotatable bonds is 7. The normalized spacial score (nSPS) is 12.0. The van der Waals surface area contributed by atoms with E-state index >= 15 is 0 Å². The average molecular weight is 386 g/mol. The molecule has 10 nitrogen and oxygen atoms in total. The first-order chi connectivity index (χ1) is 12.5. The molecule has 10 heteroatoms. The summed E-state index contributed by atoms with van der Waals surface area (Å²) < 4.78 is 10.8. The largest absolute Gasteiger partial charge is 0.493 e. The molecule has 0 aliphatic heterocycles. The zero-order valence-electron chi connectivity index (χ0n) is 15.7. The molecule has 1 aromatic rings. The number of methoxy groups -OCH3 is 1. The summed E-state index contributed by atoms with van der Waals surface area (Å²) in [6.07, 6.45) is 0.682. The van der Waals surface area contributed by atoms with Crippen LogP contribution in [0.25, 0.3) is 0 Å². The highest BCUT2D eigenvalue weighted by Crippen LogP contribution is 2.27. The Balaban J connectivity index is 0.000000972. The molecule has 0 spiro atoms. The number of aliphatic carboxylic acids is 2. The number of β-amino-alcohol motifs (C(OH)–C–C–N with tert-alkyl or cyclic N) is 1. The van der Waals surface area contributed by atoms with E-state index in [0.717, 1.165) is 0 Å². The topological polar surface area (TPSA) is 158 Å². The fourth-order valence-corrected chi connectivity index (χ4v) is 1.62. The second-order valence-corrected chi connectivity index (χ2v) is 6.36. The number of hydrogen-bond donors (Lipinski definition) is 5. The Hall–Kier alpha value is -2.85. The molecule has 0 radical (unpaired) electrons. The molecule has 0 aliphatic carbocycles. The summed E-state index contributed by atoms with van der Waals surface area (Å²) >= 11 is 0. The summed E-state index contributed by atoms with van der Waals surface area (Å²) in [5.41, 5.74) is 0.640. The minimum atomic E-state index is -1.82. The predicted molar refractivity (Wildman–Crippen MR) is 96.9 cm³/mol. The van der Waals surface area contributed by atoms with E-state index < -0.39 is 18.0 Å². The lowest BCUT2D eigenvalue weighted by Gasteiger charge is -2.23.